The molecule has 100 valence electrons. The van der Waals surface area contributed by atoms with Crippen molar-refractivity contribution < 1.29 is 9.53 Å². The summed E-state index contributed by atoms with van der Waals surface area (Å²) in [4.78, 5) is 15.2. The van der Waals surface area contributed by atoms with Crippen LogP contribution in [0, 0.1) is 5.92 Å². The van der Waals surface area contributed by atoms with E-state index in [4.69, 9.17) is 4.74 Å². The van der Waals surface area contributed by atoms with Gasteiger partial charge >= 0.3 is 5.97 Å². The molecule has 6 nitrogen and oxygen atoms in total. The molecular weight excluding hydrogens is 232 g/mol. The third-order valence-electron chi connectivity index (χ3n) is 3.29. The molecule has 1 saturated carbocycles. The molecule has 1 aromatic heterocycles. The van der Waals surface area contributed by atoms with Crippen LogP contribution < -0.4 is 5.32 Å². The number of esters is 1. The number of carbonyl (C=O) groups excluding carboxylic acids is 1. The Hall–Kier alpha value is -1.43. The third-order valence-corrected chi connectivity index (χ3v) is 3.29. The molecule has 6 heteroatoms. The average Bonchev–Trinajstić information content (AvgIpc) is 2.99. The normalized spacial score (nSPS) is 23.2. The van der Waals surface area contributed by atoms with Crippen molar-refractivity contribution in [3.63, 3.8) is 0 Å². The molecular formula is C12H20N4O2. The van der Waals surface area contributed by atoms with E-state index in [0.717, 1.165) is 19.4 Å². The Morgan fingerprint density at radius 2 is 2.44 bits per heavy atom. The number of rotatable bonds is 6. The van der Waals surface area contributed by atoms with Crippen molar-refractivity contribution in [1.29, 1.82) is 0 Å². The summed E-state index contributed by atoms with van der Waals surface area (Å²) in [7, 11) is 0. The van der Waals surface area contributed by atoms with Crippen molar-refractivity contribution in [2.24, 2.45) is 5.92 Å². The summed E-state index contributed by atoms with van der Waals surface area (Å²) in [5.41, 5.74) is 0. The molecule has 0 spiro atoms. The van der Waals surface area contributed by atoms with Gasteiger partial charge < -0.3 is 10.1 Å². The lowest BCUT2D eigenvalue weighted by atomic mass is 10.1. The molecule has 0 aromatic carbocycles. The molecule has 0 aliphatic heterocycles. The van der Waals surface area contributed by atoms with E-state index in [1.165, 1.54) is 6.42 Å². The second-order valence-corrected chi connectivity index (χ2v) is 4.68. The molecule has 0 amide bonds. The minimum absolute atomic E-state index is 0.169. The first-order chi connectivity index (χ1) is 8.78. The number of nitrogens with zero attached hydrogens (tertiary/aromatic N) is 3. The summed E-state index contributed by atoms with van der Waals surface area (Å²) in [6.45, 7) is 3.49. The summed E-state index contributed by atoms with van der Waals surface area (Å²) in [6.07, 6.45) is 6.67. The van der Waals surface area contributed by atoms with Crippen molar-refractivity contribution >= 4 is 5.97 Å². The fraction of sp³-hybridized carbons (Fsp3) is 0.750. The Kier molecular flexibility index (Phi) is 4.69. The zero-order chi connectivity index (χ0) is 12.8. The Balaban J connectivity index is 1.67. The van der Waals surface area contributed by atoms with Crippen LogP contribution in [0.2, 0.25) is 0 Å². The summed E-state index contributed by atoms with van der Waals surface area (Å²) in [5, 5.41) is 7.37. The maximum Gasteiger partial charge on any atom is 0.319 e. The second kappa shape index (κ2) is 6.49. The highest BCUT2D eigenvalue weighted by molar-refractivity contribution is 5.71. The highest BCUT2D eigenvalue weighted by atomic mass is 16.5. The number of nitrogens with one attached hydrogen (secondary N) is 1. The van der Waals surface area contributed by atoms with Gasteiger partial charge in [-0.3, -0.25) is 9.48 Å². The smallest absolute Gasteiger partial charge is 0.319 e. The highest BCUT2D eigenvalue weighted by Crippen LogP contribution is 2.26. The summed E-state index contributed by atoms with van der Waals surface area (Å²) >= 11 is 0. The number of carbonyl (C=O) groups is 1. The van der Waals surface area contributed by atoms with Crippen LogP contribution >= 0.6 is 0 Å². The molecule has 1 fully saturated rings. The first kappa shape index (κ1) is 13.0. The summed E-state index contributed by atoms with van der Waals surface area (Å²) in [6, 6.07) is 0.419. The van der Waals surface area contributed by atoms with E-state index in [1.54, 1.807) is 12.7 Å². The maximum atomic E-state index is 11.2. The number of hydrogen-bond donors (Lipinski definition) is 1. The molecule has 2 rings (SSSR count). The monoisotopic (exact) mass is 252 g/mol. The first-order valence-electron chi connectivity index (χ1n) is 6.49. The van der Waals surface area contributed by atoms with Crippen LogP contribution in [-0.4, -0.2) is 39.9 Å². The van der Waals surface area contributed by atoms with Crippen LogP contribution in [0.5, 0.6) is 0 Å². The van der Waals surface area contributed by atoms with Crippen LogP contribution in [0.25, 0.3) is 0 Å². The number of hydrogen-bond acceptors (Lipinski definition) is 5. The Morgan fingerprint density at radius 1 is 1.56 bits per heavy atom. The van der Waals surface area contributed by atoms with Gasteiger partial charge in [0.25, 0.3) is 0 Å². The van der Waals surface area contributed by atoms with E-state index in [1.807, 2.05) is 11.6 Å². The Labute approximate surface area is 107 Å². The lowest BCUT2D eigenvalue weighted by molar-refractivity contribution is -0.142. The van der Waals surface area contributed by atoms with Gasteiger partial charge in [-0.05, 0) is 32.1 Å². The number of ether oxygens (including phenoxy) is 1. The Bertz CT molecular complexity index is 366. The van der Waals surface area contributed by atoms with Gasteiger partial charge in [0.1, 0.15) is 12.7 Å². The van der Waals surface area contributed by atoms with Gasteiger partial charge in [0.2, 0.25) is 0 Å². The minimum Gasteiger partial charge on any atom is -0.465 e. The quantitative estimate of drug-likeness (QED) is 0.751. The van der Waals surface area contributed by atoms with Crippen LogP contribution in [0.1, 0.15) is 26.2 Å². The van der Waals surface area contributed by atoms with E-state index in [2.05, 4.69) is 15.4 Å². The third kappa shape index (κ3) is 3.80. The molecule has 0 saturated heterocycles. The van der Waals surface area contributed by atoms with Gasteiger partial charge in [0, 0.05) is 12.6 Å². The van der Waals surface area contributed by atoms with Crippen molar-refractivity contribution in [2.75, 3.05) is 13.2 Å². The predicted molar refractivity (Wildman–Crippen MR) is 65.8 cm³/mol. The fourth-order valence-corrected chi connectivity index (χ4v) is 2.46. The van der Waals surface area contributed by atoms with Crippen molar-refractivity contribution in [1.82, 2.24) is 20.1 Å². The minimum atomic E-state index is -0.169. The zero-order valence-electron chi connectivity index (χ0n) is 10.7. The molecule has 1 aromatic rings. The topological polar surface area (TPSA) is 69.0 Å². The zero-order valence-corrected chi connectivity index (χ0v) is 10.7. The predicted octanol–water partition coefficient (Wildman–Crippen LogP) is 0.599. The van der Waals surface area contributed by atoms with Crippen molar-refractivity contribution in [3.8, 4) is 0 Å². The highest BCUT2D eigenvalue weighted by Gasteiger charge is 2.25. The van der Waals surface area contributed by atoms with Gasteiger partial charge in [-0.25, -0.2) is 4.98 Å². The van der Waals surface area contributed by atoms with Gasteiger partial charge in [-0.15, -0.1) is 0 Å². The Morgan fingerprint density at radius 3 is 3.17 bits per heavy atom. The summed E-state index contributed by atoms with van der Waals surface area (Å²) in [5.74, 6) is 0.448. The van der Waals surface area contributed by atoms with Crippen molar-refractivity contribution in [3.05, 3.63) is 12.7 Å². The SMILES string of the molecule is CCOC(=O)CN[C@@H]1CC[C@H](Cn2cncn2)C1. The summed E-state index contributed by atoms with van der Waals surface area (Å²) < 4.78 is 6.76. The molecule has 1 aliphatic rings. The number of aromatic nitrogens is 3. The molecule has 0 unspecified atom stereocenters. The van der Waals surface area contributed by atoms with Gasteiger partial charge in [-0.1, -0.05) is 0 Å². The molecule has 1 aliphatic carbocycles. The average molecular weight is 252 g/mol. The van der Waals surface area contributed by atoms with E-state index < -0.39 is 0 Å². The molecule has 18 heavy (non-hydrogen) atoms. The van der Waals surface area contributed by atoms with Crippen LogP contribution in [0.4, 0.5) is 0 Å². The van der Waals surface area contributed by atoms with E-state index in [0.29, 0.717) is 25.1 Å². The molecule has 0 bridgehead atoms. The maximum absolute atomic E-state index is 11.2. The van der Waals surface area contributed by atoms with Gasteiger partial charge in [0.05, 0.1) is 13.2 Å². The van der Waals surface area contributed by atoms with E-state index in [-0.39, 0.29) is 5.97 Å². The molecule has 1 heterocycles. The lowest BCUT2D eigenvalue weighted by Crippen LogP contribution is -2.33. The fourth-order valence-electron chi connectivity index (χ4n) is 2.46. The van der Waals surface area contributed by atoms with Gasteiger partial charge in [0.15, 0.2) is 0 Å². The largest absolute Gasteiger partial charge is 0.465 e. The second-order valence-electron chi connectivity index (χ2n) is 4.68. The van der Waals surface area contributed by atoms with Gasteiger partial charge in [-0.2, -0.15) is 5.10 Å². The van der Waals surface area contributed by atoms with E-state index in [9.17, 15) is 4.79 Å². The molecule has 1 N–H and O–H groups in total. The standard InChI is InChI=1S/C12H20N4O2/c1-2-18-12(17)6-14-11-4-3-10(5-11)7-16-9-13-8-15-16/h8-11,14H,2-7H2,1H3/t10-,11+/m0/s1. The molecule has 0 radical (unpaired) electrons. The first-order valence-corrected chi connectivity index (χ1v) is 6.49. The van der Waals surface area contributed by atoms with E-state index >= 15 is 0 Å². The van der Waals surface area contributed by atoms with Crippen LogP contribution in [-0.2, 0) is 16.1 Å². The lowest BCUT2D eigenvalue weighted by Gasteiger charge is -2.12. The van der Waals surface area contributed by atoms with Crippen LogP contribution in [0.3, 0.4) is 0 Å². The molecule has 2 atom stereocenters. The van der Waals surface area contributed by atoms with Crippen LogP contribution in [0.15, 0.2) is 12.7 Å². The van der Waals surface area contributed by atoms with Crippen molar-refractivity contribution in [2.45, 2.75) is 38.8 Å².